The first kappa shape index (κ1) is 21.6. The molecule has 1 rings (SSSR count). The summed E-state index contributed by atoms with van der Waals surface area (Å²) in [5.74, 6) is 1.99. The van der Waals surface area contributed by atoms with Gasteiger partial charge in [0.15, 0.2) is 17.5 Å². The van der Waals surface area contributed by atoms with E-state index in [1.54, 1.807) is 28.3 Å². The van der Waals surface area contributed by atoms with E-state index in [4.69, 9.17) is 9.47 Å². The molecule has 1 aromatic carbocycles. The Balaban J connectivity index is 2.86. The third-order valence-electron chi connectivity index (χ3n) is 4.08. The van der Waals surface area contributed by atoms with Gasteiger partial charge in [-0.2, -0.15) is 0 Å². The normalized spacial score (nSPS) is 11.7. The monoisotopic (exact) mass is 364 g/mol. The van der Waals surface area contributed by atoms with Crippen LogP contribution in [-0.2, 0) is 10.2 Å². The molecule has 0 fully saturated rings. The fraction of sp³-hybridized carbons (Fsp3) is 0.579. The number of hydrogen-bond donors (Lipinski definition) is 2. The van der Waals surface area contributed by atoms with Crippen LogP contribution in [0.3, 0.4) is 0 Å². The summed E-state index contributed by atoms with van der Waals surface area (Å²) in [5.41, 5.74) is 0.934. The lowest BCUT2D eigenvalue weighted by atomic mass is 9.84. The minimum atomic E-state index is -0.179. The molecule has 0 saturated carbocycles. The molecular formula is C19H32N4O3. The summed E-state index contributed by atoms with van der Waals surface area (Å²) in [7, 11) is 6.69. The number of hydrogen-bond acceptors (Lipinski definition) is 4. The lowest BCUT2D eigenvalue weighted by Crippen LogP contribution is -2.44. The SMILES string of the molecule is CCNC(=NCC(=O)N(C)C)NCC(C)(C)c1ccc(OC)c(OC)c1. The van der Waals surface area contributed by atoms with E-state index >= 15 is 0 Å². The van der Waals surface area contributed by atoms with Gasteiger partial charge in [0, 0.05) is 32.6 Å². The van der Waals surface area contributed by atoms with Crippen LogP contribution in [0.5, 0.6) is 11.5 Å². The van der Waals surface area contributed by atoms with Gasteiger partial charge in [0.05, 0.1) is 14.2 Å². The number of amides is 1. The number of nitrogens with zero attached hydrogens (tertiary/aromatic N) is 2. The molecule has 0 unspecified atom stereocenters. The fourth-order valence-corrected chi connectivity index (χ4v) is 2.29. The number of aliphatic imine (C=N–C) groups is 1. The van der Waals surface area contributed by atoms with Gasteiger partial charge < -0.3 is 25.0 Å². The summed E-state index contributed by atoms with van der Waals surface area (Å²) >= 11 is 0. The van der Waals surface area contributed by atoms with E-state index in [-0.39, 0.29) is 17.9 Å². The van der Waals surface area contributed by atoms with Crippen molar-refractivity contribution in [1.82, 2.24) is 15.5 Å². The highest BCUT2D eigenvalue weighted by Gasteiger charge is 2.23. The van der Waals surface area contributed by atoms with Gasteiger partial charge in [0.2, 0.25) is 5.91 Å². The molecular weight excluding hydrogens is 332 g/mol. The Morgan fingerprint density at radius 3 is 2.35 bits per heavy atom. The maximum Gasteiger partial charge on any atom is 0.243 e. The molecule has 7 heteroatoms. The standard InChI is InChI=1S/C19H32N4O3/c1-8-20-18(21-12-17(24)23(4)5)22-13-19(2,3)14-9-10-15(25-6)16(11-14)26-7/h9-11H,8,12-13H2,1-7H3,(H2,20,21,22). The number of nitrogens with one attached hydrogen (secondary N) is 2. The van der Waals surface area contributed by atoms with Crippen molar-refractivity contribution in [3.8, 4) is 11.5 Å². The van der Waals surface area contributed by atoms with Crippen molar-refractivity contribution in [2.75, 3.05) is 47.9 Å². The third-order valence-corrected chi connectivity index (χ3v) is 4.08. The second-order valence-corrected chi connectivity index (χ2v) is 6.79. The molecule has 0 aliphatic carbocycles. The van der Waals surface area contributed by atoms with E-state index < -0.39 is 0 Å². The smallest absolute Gasteiger partial charge is 0.243 e. The van der Waals surface area contributed by atoms with Crippen LogP contribution in [0.1, 0.15) is 26.3 Å². The Morgan fingerprint density at radius 1 is 1.15 bits per heavy atom. The van der Waals surface area contributed by atoms with E-state index in [2.05, 4.69) is 29.5 Å². The molecule has 0 aliphatic heterocycles. The van der Waals surface area contributed by atoms with Crippen molar-refractivity contribution in [2.24, 2.45) is 4.99 Å². The Hall–Kier alpha value is -2.44. The van der Waals surface area contributed by atoms with Crippen LogP contribution >= 0.6 is 0 Å². The molecule has 0 aliphatic rings. The molecule has 0 radical (unpaired) electrons. The molecule has 0 saturated heterocycles. The molecule has 0 aromatic heterocycles. The molecule has 7 nitrogen and oxygen atoms in total. The van der Waals surface area contributed by atoms with Gasteiger partial charge in [-0.05, 0) is 24.6 Å². The van der Waals surface area contributed by atoms with Gasteiger partial charge in [-0.15, -0.1) is 0 Å². The predicted octanol–water partition coefficient (Wildman–Crippen LogP) is 1.62. The lowest BCUT2D eigenvalue weighted by Gasteiger charge is -2.27. The number of rotatable bonds is 8. The van der Waals surface area contributed by atoms with E-state index in [0.717, 1.165) is 12.1 Å². The van der Waals surface area contributed by atoms with Crippen molar-refractivity contribution < 1.29 is 14.3 Å². The van der Waals surface area contributed by atoms with Crippen molar-refractivity contribution in [3.63, 3.8) is 0 Å². The first-order valence-electron chi connectivity index (χ1n) is 8.70. The summed E-state index contributed by atoms with van der Waals surface area (Å²) in [6, 6.07) is 5.92. The summed E-state index contributed by atoms with van der Waals surface area (Å²) in [5, 5.41) is 6.48. The molecule has 0 atom stereocenters. The van der Waals surface area contributed by atoms with Crippen molar-refractivity contribution in [1.29, 1.82) is 0 Å². The van der Waals surface area contributed by atoms with Gasteiger partial charge in [0.1, 0.15) is 6.54 Å². The first-order valence-corrected chi connectivity index (χ1v) is 8.70. The second-order valence-electron chi connectivity index (χ2n) is 6.79. The van der Waals surface area contributed by atoms with E-state index in [1.807, 2.05) is 25.1 Å². The number of benzene rings is 1. The van der Waals surface area contributed by atoms with Crippen LogP contribution in [-0.4, -0.2) is 64.7 Å². The highest BCUT2D eigenvalue weighted by molar-refractivity contribution is 5.84. The quantitative estimate of drug-likeness (QED) is 0.542. The predicted molar refractivity (Wildman–Crippen MR) is 105 cm³/mol. The molecule has 0 bridgehead atoms. The molecule has 2 N–H and O–H groups in total. The van der Waals surface area contributed by atoms with Gasteiger partial charge in [0.25, 0.3) is 0 Å². The zero-order valence-corrected chi connectivity index (χ0v) is 17.0. The fourth-order valence-electron chi connectivity index (χ4n) is 2.29. The number of carbonyl (C=O) groups excluding carboxylic acids is 1. The number of likely N-dealkylation sites (N-methyl/N-ethyl adjacent to an activating group) is 1. The maximum absolute atomic E-state index is 11.7. The minimum Gasteiger partial charge on any atom is -0.493 e. The van der Waals surface area contributed by atoms with Crippen LogP contribution in [0, 0.1) is 0 Å². The molecule has 0 spiro atoms. The van der Waals surface area contributed by atoms with Crippen LogP contribution in [0.2, 0.25) is 0 Å². The number of ether oxygens (including phenoxy) is 2. The second kappa shape index (κ2) is 9.89. The van der Waals surface area contributed by atoms with Crippen LogP contribution in [0.4, 0.5) is 0 Å². The summed E-state index contributed by atoms with van der Waals surface area (Å²) in [6.45, 7) is 7.73. The van der Waals surface area contributed by atoms with E-state index in [0.29, 0.717) is 24.0 Å². The average molecular weight is 364 g/mol. The summed E-state index contributed by atoms with van der Waals surface area (Å²) in [4.78, 5) is 17.6. The molecule has 26 heavy (non-hydrogen) atoms. The highest BCUT2D eigenvalue weighted by atomic mass is 16.5. The largest absolute Gasteiger partial charge is 0.493 e. The van der Waals surface area contributed by atoms with Crippen LogP contribution < -0.4 is 20.1 Å². The maximum atomic E-state index is 11.7. The van der Waals surface area contributed by atoms with Crippen molar-refractivity contribution >= 4 is 11.9 Å². The molecule has 1 amide bonds. The first-order chi connectivity index (χ1) is 12.2. The minimum absolute atomic E-state index is 0.0404. The summed E-state index contributed by atoms with van der Waals surface area (Å²) < 4.78 is 10.7. The van der Waals surface area contributed by atoms with Crippen LogP contribution in [0.25, 0.3) is 0 Å². The molecule has 146 valence electrons. The van der Waals surface area contributed by atoms with Gasteiger partial charge in [-0.25, -0.2) is 4.99 Å². The van der Waals surface area contributed by atoms with E-state index in [1.165, 1.54) is 4.90 Å². The summed E-state index contributed by atoms with van der Waals surface area (Å²) in [6.07, 6.45) is 0. The average Bonchev–Trinajstić information content (AvgIpc) is 2.62. The Kier molecular flexibility index (Phi) is 8.22. The van der Waals surface area contributed by atoms with Gasteiger partial charge >= 0.3 is 0 Å². The van der Waals surface area contributed by atoms with Gasteiger partial charge in [-0.3, -0.25) is 4.79 Å². The number of methoxy groups -OCH3 is 2. The van der Waals surface area contributed by atoms with Crippen molar-refractivity contribution in [3.05, 3.63) is 23.8 Å². The van der Waals surface area contributed by atoms with Crippen molar-refractivity contribution in [2.45, 2.75) is 26.2 Å². The zero-order chi connectivity index (χ0) is 19.7. The Morgan fingerprint density at radius 2 is 1.81 bits per heavy atom. The third kappa shape index (κ3) is 6.13. The number of carbonyl (C=O) groups is 1. The number of guanidine groups is 1. The topological polar surface area (TPSA) is 75.2 Å². The molecule has 0 heterocycles. The van der Waals surface area contributed by atoms with Crippen LogP contribution in [0.15, 0.2) is 23.2 Å². The van der Waals surface area contributed by atoms with E-state index in [9.17, 15) is 4.79 Å². The highest BCUT2D eigenvalue weighted by Crippen LogP contribution is 2.32. The zero-order valence-electron chi connectivity index (χ0n) is 17.0. The molecule has 1 aromatic rings. The van der Waals surface area contributed by atoms with Gasteiger partial charge in [-0.1, -0.05) is 19.9 Å². The lowest BCUT2D eigenvalue weighted by molar-refractivity contribution is -0.127. The Labute approximate surface area is 156 Å². The Bertz CT molecular complexity index is 627.